The lowest BCUT2D eigenvalue weighted by Crippen LogP contribution is -2.35. The second kappa shape index (κ2) is 6.62. The number of thioether (sulfide) groups is 1. The predicted octanol–water partition coefficient (Wildman–Crippen LogP) is 0.913. The lowest BCUT2D eigenvalue weighted by Gasteiger charge is -2.12. The van der Waals surface area contributed by atoms with Crippen LogP contribution in [0.4, 0.5) is 0 Å². The number of oxime groups is 1. The van der Waals surface area contributed by atoms with Crippen LogP contribution < -0.4 is 11.1 Å². The topological polar surface area (TPSA) is 87.7 Å². The highest BCUT2D eigenvalue weighted by atomic mass is 32.2. The summed E-state index contributed by atoms with van der Waals surface area (Å²) >= 11 is 1.95. The average Bonchev–Trinajstić information content (AvgIpc) is 2.65. The van der Waals surface area contributed by atoms with E-state index in [0.717, 1.165) is 25.0 Å². The molecule has 1 saturated carbocycles. The highest BCUT2D eigenvalue weighted by Gasteiger charge is 2.25. The Labute approximate surface area is 99.8 Å². The molecule has 0 bridgehead atoms. The summed E-state index contributed by atoms with van der Waals surface area (Å²) in [5, 5.41) is 14.7. The van der Waals surface area contributed by atoms with Crippen molar-refractivity contribution in [3.8, 4) is 0 Å². The summed E-state index contributed by atoms with van der Waals surface area (Å²) in [6, 6.07) is 0.253. The van der Waals surface area contributed by atoms with Gasteiger partial charge in [-0.1, -0.05) is 12.1 Å². The molecular formula is C10H19N3O2S. The van der Waals surface area contributed by atoms with E-state index < -0.39 is 0 Å². The first-order valence-corrected chi connectivity index (χ1v) is 6.58. The maximum Gasteiger partial charge on any atom is 0.227 e. The van der Waals surface area contributed by atoms with Gasteiger partial charge < -0.3 is 16.3 Å². The number of nitrogens with zero attached hydrogens (tertiary/aromatic N) is 1. The van der Waals surface area contributed by atoms with E-state index in [2.05, 4.69) is 17.4 Å². The molecular weight excluding hydrogens is 226 g/mol. The van der Waals surface area contributed by atoms with Crippen molar-refractivity contribution >= 4 is 23.5 Å². The first-order chi connectivity index (χ1) is 7.65. The monoisotopic (exact) mass is 245 g/mol. The normalized spacial score (nSPS) is 25.7. The molecule has 2 unspecified atom stereocenters. The largest absolute Gasteiger partial charge is 0.409 e. The summed E-state index contributed by atoms with van der Waals surface area (Å²) in [7, 11) is 0. The number of nitrogens with one attached hydrogen (secondary N) is 1. The molecule has 0 radical (unpaired) electrons. The number of rotatable bonds is 5. The molecule has 5 nitrogen and oxygen atoms in total. The van der Waals surface area contributed by atoms with Gasteiger partial charge in [0.25, 0.3) is 0 Å². The van der Waals surface area contributed by atoms with E-state index >= 15 is 0 Å². The maximum absolute atomic E-state index is 11.4. The minimum absolute atomic E-state index is 0.0292. The van der Waals surface area contributed by atoms with Gasteiger partial charge in [0, 0.05) is 11.3 Å². The van der Waals surface area contributed by atoms with Gasteiger partial charge in [-0.3, -0.25) is 4.79 Å². The number of hydrogen-bond acceptors (Lipinski definition) is 4. The fourth-order valence-corrected chi connectivity index (χ4v) is 3.08. The van der Waals surface area contributed by atoms with E-state index in [1.807, 2.05) is 11.8 Å². The van der Waals surface area contributed by atoms with Gasteiger partial charge in [0.2, 0.25) is 5.91 Å². The van der Waals surface area contributed by atoms with E-state index in [9.17, 15) is 4.79 Å². The van der Waals surface area contributed by atoms with Crippen LogP contribution in [0.2, 0.25) is 0 Å². The smallest absolute Gasteiger partial charge is 0.227 e. The second-order valence-electron chi connectivity index (χ2n) is 3.92. The minimum atomic E-state index is -0.164. The Kier molecular flexibility index (Phi) is 5.45. The number of carbonyl (C=O) groups is 1. The third-order valence-electron chi connectivity index (χ3n) is 2.62. The standard InChI is InChI=1S/C10H19N3O2S/c1-2-16-8-4-3-7(5-8)12-10(14)6-9(11)13-15/h7-8,15H,2-6H2,1H3,(H2,11,13)(H,12,14). The molecule has 92 valence electrons. The Balaban J connectivity index is 2.26. The van der Waals surface area contributed by atoms with E-state index in [1.54, 1.807) is 0 Å². The molecule has 0 aromatic carbocycles. The molecule has 1 amide bonds. The van der Waals surface area contributed by atoms with Crippen LogP contribution in [0.5, 0.6) is 0 Å². The quantitative estimate of drug-likeness (QED) is 0.291. The molecule has 1 aliphatic rings. The lowest BCUT2D eigenvalue weighted by molar-refractivity contribution is -0.120. The molecule has 6 heteroatoms. The van der Waals surface area contributed by atoms with Gasteiger partial charge in [0.15, 0.2) is 0 Å². The SMILES string of the molecule is CCSC1CCC(NC(=O)CC(N)=NO)C1. The maximum atomic E-state index is 11.4. The van der Waals surface area contributed by atoms with Gasteiger partial charge in [-0.2, -0.15) is 11.8 Å². The van der Waals surface area contributed by atoms with Crippen LogP contribution in [0, 0.1) is 0 Å². The number of hydrogen-bond donors (Lipinski definition) is 3. The second-order valence-corrected chi connectivity index (χ2v) is 5.50. The summed E-state index contributed by atoms with van der Waals surface area (Å²) in [5.74, 6) is 0.910. The summed E-state index contributed by atoms with van der Waals surface area (Å²) in [5.41, 5.74) is 5.26. The molecule has 1 fully saturated rings. The molecule has 0 aliphatic heterocycles. The van der Waals surface area contributed by atoms with E-state index in [0.29, 0.717) is 5.25 Å². The summed E-state index contributed by atoms with van der Waals surface area (Å²) in [6.45, 7) is 2.15. The van der Waals surface area contributed by atoms with Crippen LogP contribution in [0.1, 0.15) is 32.6 Å². The van der Waals surface area contributed by atoms with Crippen molar-refractivity contribution in [2.24, 2.45) is 10.9 Å². The fraction of sp³-hybridized carbons (Fsp3) is 0.800. The zero-order valence-corrected chi connectivity index (χ0v) is 10.3. The van der Waals surface area contributed by atoms with Crippen LogP contribution in [0.25, 0.3) is 0 Å². The van der Waals surface area contributed by atoms with Crippen molar-refractivity contribution in [3.63, 3.8) is 0 Å². The summed E-state index contributed by atoms with van der Waals surface area (Å²) < 4.78 is 0. The van der Waals surface area contributed by atoms with Gasteiger partial charge >= 0.3 is 0 Å². The lowest BCUT2D eigenvalue weighted by atomic mass is 10.2. The van der Waals surface area contributed by atoms with Crippen molar-refractivity contribution in [1.29, 1.82) is 0 Å². The van der Waals surface area contributed by atoms with Crippen LogP contribution in [0.3, 0.4) is 0 Å². The third kappa shape index (κ3) is 4.30. The highest BCUT2D eigenvalue weighted by Crippen LogP contribution is 2.29. The fourth-order valence-electron chi connectivity index (χ4n) is 1.94. The molecule has 0 aromatic heterocycles. The Morgan fingerprint density at radius 1 is 1.62 bits per heavy atom. The van der Waals surface area contributed by atoms with Crippen molar-refractivity contribution in [2.75, 3.05) is 5.75 Å². The number of carbonyl (C=O) groups excluding carboxylic acids is 1. The van der Waals surface area contributed by atoms with Gasteiger partial charge in [-0.05, 0) is 25.0 Å². The first-order valence-electron chi connectivity index (χ1n) is 5.53. The average molecular weight is 245 g/mol. The van der Waals surface area contributed by atoms with Crippen LogP contribution in [-0.4, -0.2) is 34.0 Å². The Morgan fingerprint density at radius 3 is 3.00 bits per heavy atom. The molecule has 4 N–H and O–H groups in total. The van der Waals surface area contributed by atoms with Gasteiger partial charge in [-0.25, -0.2) is 0 Å². The van der Waals surface area contributed by atoms with Crippen molar-refractivity contribution in [3.05, 3.63) is 0 Å². The molecule has 0 saturated heterocycles. The Morgan fingerprint density at radius 2 is 2.38 bits per heavy atom. The molecule has 0 aromatic rings. The van der Waals surface area contributed by atoms with E-state index in [-0.39, 0.29) is 24.2 Å². The molecule has 0 spiro atoms. The Hall–Kier alpha value is -0.910. The zero-order chi connectivity index (χ0) is 12.0. The van der Waals surface area contributed by atoms with E-state index in [1.165, 1.54) is 0 Å². The predicted molar refractivity (Wildman–Crippen MR) is 65.7 cm³/mol. The van der Waals surface area contributed by atoms with Gasteiger partial charge in [-0.15, -0.1) is 0 Å². The summed E-state index contributed by atoms with van der Waals surface area (Å²) in [4.78, 5) is 11.4. The molecule has 2 atom stereocenters. The molecule has 0 heterocycles. The minimum Gasteiger partial charge on any atom is -0.409 e. The summed E-state index contributed by atoms with van der Waals surface area (Å²) in [6.07, 6.45) is 3.19. The highest BCUT2D eigenvalue weighted by molar-refractivity contribution is 7.99. The molecule has 1 rings (SSSR count). The van der Waals surface area contributed by atoms with E-state index in [4.69, 9.17) is 10.9 Å². The van der Waals surface area contributed by atoms with Crippen LogP contribution >= 0.6 is 11.8 Å². The van der Waals surface area contributed by atoms with Crippen molar-refractivity contribution < 1.29 is 10.0 Å². The van der Waals surface area contributed by atoms with Gasteiger partial charge in [0.1, 0.15) is 5.84 Å². The van der Waals surface area contributed by atoms with Crippen LogP contribution in [0.15, 0.2) is 5.16 Å². The molecule has 16 heavy (non-hydrogen) atoms. The van der Waals surface area contributed by atoms with Crippen LogP contribution in [-0.2, 0) is 4.79 Å². The third-order valence-corrected chi connectivity index (χ3v) is 3.86. The number of amides is 1. The van der Waals surface area contributed by atoms with Crippen molar-refractivity contribution in [2.45, 2.75) is 43.9 Å². The first kappa shape index (κ1) is 13.2. The number of nitrogens with two attached hydrogens (primary N) is 1. The zero-order valence-electron chi connectivity index (χ0n) is 9.48. The van der Waals surface area contributed by atoms with Crippen molar-refractivity contribution in [1.82, 2.24) is 5.32 Å². The molecule has 1 aliphatic carbocycles. The number of amidine groups is 1. The van der Waals surface area contributed by atoms with Gasteiger partial charge in [0.05, 0.1) is 6.42 Å². The Bertz CT molecular complexity index is 271.